The SMILES string of the molecule is CC(C)c1ccc(CN(C2CC2)S(=O)(=O)c2cccc(C#N)c2)cc1. The largest absolute Gasteiger partial charge is 0.243 e. The van der Waals surface area contributed by atoms with E-state index in [0.717, 1.165) is 18.4 Å². The van der Waals surface area contributed by atoms with Crippen LogP contribution in [0, 0.1) is 11.3 Å². The lowest BCUT2D eigenvalue weighted by Crippen LogP contribution is -2.32. The van der Waals surface area contributed by atoms with Gasteiger partial charge in [-0.25, -0.2) is 8.42 Å². The van der Waals surface area contributed by atoms with Gasteiger partial charge < -0.3 is 0 Å². The summed E-state index contributed by atoms with van der Waals surface area (Å²) in [6, 6.07) is 16.5. The number of nitrogens with zero attached hydrogens (tertiary/aromatic N) is 2. The molecule has 2 aromatic rings. The molecule has 3 rings (SSSR count). The molecular weight excluding hydrogens is 332 g/mol. The van der Waals surface area contributed by atoms with Crippen LogP contribution in [0.25, 0.3) is 0 Å². The molecule has 0 aliphatic heterocycles. The number of hydrogen-bond donors (Lipinski definition) is 0. The summed E-state index contributed by atoms with van der Waals surface area (Å²) in [6.45, 7) is 4.64. The van der Waals surface area contributed by atoms with Gasteiger partial charge in [0.05, 0.1) is 16.5 Å². The predicted molar refractivity (Wildman–Crippen MR) is 97.4 cm³/mol. The van der Waals surface area contributed by atoms with Crippen molar-refractivity contribution < 1.29 is 8.42 Å². The zero-order valence-electron chi connectivity index (χ0n) is 14.5. The fourth-order valence-electron chi connectivity index (χ4n) is 2.82. The quantitative estimate of drug-likeness (QED) is 0.787. The minimum atomic E-state index is -3.61. The van der Waals surface area contributed by atoms with Crippen molar-refractivity contribution in [2.24, 2.45) is 0 Å². The van der Waals surface area contributed by atoms with Crippen molar-refractivity contribution in [3.63, 3.8) is 0 Å². The maximum absolute atomic E-state index is 13.1. The van der Waals surface area contributed by atoms with Crippen molar-refractivity contribution in [3.8, 4) is 6.07 Å². The average Bonchev–Trinajstić information content (AvgIpc) is 3.44. The minimum Gasteiger partial charge on any atom is -0.207 e. The van der Waals surface area contributed by atoms with Crippen LogP contribution < -0.4 is 0 Å². The Morgan fingerprint density at radius 1 is 1.16 bits per heavy atom. The van der Waals surface area contributed by atoms with Gasteiger partial charge >= 0.3 is 0 Å². The van der Waals surface area contributed by atoms with E-state index in [-0.39, 0.29) is 10.9 Å². The summed E-state index contributed by atoms with van der Waals surface area (Å²) in [5, 5.41) is 9.04. The van der Waals surface area contributed by atoms with Gasteiger partial charge in [-0.15, -0.1) is 0 Å². The molecule has 0 saturated heterocycles. The first-order chi connectivity index (χ1) is 11.9. The van der Waals surface area contributed by atoms with Gasteiger partial charge in [0.25, 0.3) is 0 Å². The molecular formula is C20H22N2O2S. The van der Waals surface area contributed by atoms with Crippen LogP contribution in [0.2, 0.25) is 0 Å². The molecule has 1 aliphatic carbocycles. The Labute approximate surface area is 149 Å². The van der Waals surface area contributed by atoms with Crippen molar-refractivity contribution in [2.75, 3.05) is 0 Å². The Kier molecular flexibility index (Phi) is 4.94. The Bertz CT molecular complexity index is 892. The number of nitriles is 1. The lowest BCUT2D eigenvalue weighted by atomic mass is 10.0. The Hall–Kier alpha value is -2.16. The van der Waals surface area contributed by atoms with Gasteiger partial charge in [-0.2, -0.15) is 9.57 Å². The maximum atomic E-state index is 13.1. The topological polar surface area (TPSA) is 61.2 Å². The standard InChI is InChI=1S/C20H22N2O2S/c1-15(2)18-8-6-16(7-9-18)14-22(19-10-11-19)25(23,24)20-5-3-4-17(12-20)13-21/h3-9,12,15,19H,10-11,14H2,1-2H3. The molecule has 0 atom stereocenters. The van der Waals surface area contributed by atoms with Gasteiger partial charge in [0, 0.05) is 12.6 Å². The minimum absolute atomic E-state index is 0.0560. The summed E-state index contributed by atoms with van der Waals surface area (Å²) in [5.74, 6) is 0.450. The predicted octanol–water partition coefficient (Wildman–Crippen LogP) is 4.03. The van der Waals surface area contributed by atoms with Crippen molar-refractivity contribution in [3.05, 3.63) is 65.2 Å². The van der Waals surface area contributed by atoms with Crippen LogP contribution in [0.5, 0.6) is 0 Å². The fourth-order valence-corrected chi connectivity index (χ4v) is 4.54. The second-order valence-corrected chi connectivity index (χ2v) is 8.71. The Morgan fingerprint density at radius 3 is 2.40 bits per heavy atom. The lowest BCUT2D eigenvalue weighted by Gasteiger charge is -2.22. The molecule has 0 amide bonds. The summed E-state index contributed by atoms with van der Waals surface area (Å²) in [5.41, 5.74) is 2.58. The Morgan fingerprint density at radius 2 is 1.84 bits per heavy atom. The second-order valence-electron chi connectivity index (χ2n) is 6.82. The summed E-state index contributed by atoms with van der Waals surface area (Å²) in [6.07, 6.45) is 1.78. The third-order valence-corrected chi connectivity index (χ3v) is 6.40. The van der Waals surface area contributed by atoms with E-state index in [1.807, 2.05) is 18.2 Å². The maximum Gasteiger partial charge on any atom is 0.243 e. The van der Waals surface area contributed by atoms with Gasteiger partial charge in [0.1, 0.15) is 0 Å². The molecule has 2 aromatic carbocycles. The summed E-state index contributed by atoms with van der Waals surface area (Å²) in [7, 11) is -3.61. The third-order valence-electron chi connectivity index (χ3n) is 4.51. The second kappa shape index (κ2) is 6.99. The molecule has 5 heteroatoms. The molecule has 0 unspecified atom stereocenters. The first-order valence-corrected chi connectivity index (χ1v) is 9.96. The van der Waals surface area contributed by atoms with Crippen molar-refractivity contribution >= 4 is 10.0 Å². The lowest BCUT2D eigenvalue weighted by molar-refractivity contribution is 0.398. The smallest absolute Gasteiger partial charge is 0.207 e. The highest BCUT2D eigenvalue weighted by atomic mass is 32.2. The molecule has 1 saturated carbocycles. The van der Waals surface area contributed by atoms with E-state index >= 15 is 0 Å². The highest BCUT2D eigenvalue weighted by Gasteiger charge is 2.38. The Balaban J connectivity index is 1.89. The number of rotatable bonds is 6. The van der Waals surface area contributed by atoms with Crippen LogP contribution in [0.1, 0.15) is 49.3 Å². The molecule has 0 N–H and O–H groups in total. The average molecular weight is 354 g/mol. The molecule has 0 bridgehead atoms. The van der Waals surface area contributed by atoms with Crippen LogP contribution >= 0.6 is 0 Å². The van der Waals surface area contributed by atoms with Gasteiger partial charge in [0.15, 0.2) is 0 Å². The van der Waals surface area contributed by atoms with E-state index in [1.165, 1.54) is 11.6 Å². The van der Waals surface area contributed by atoms with Gasteiger partial charge in [-0.3, -0.25) is 0 Å². The summed E-state index contributed by atoms with van der Waals surface area (Å²) < 4.78 is 27.7. The highest BCUT2D eigenvalue weighted by Crippen LogP contribution is 2.33. The fraction of sp³-hybridized carbons (Fsp3) is 0.350. The number of benzene rings is 2. The molecule has 130 valence electrons. The number of hydrogen-bond acceptors (Lipinski definition) is 3. The van der Waals surface area contributed by atoms with E-state index < -0.39 is 10.0 Å². The molecule has 1 aliphatic rings. The van der Waals surface area contributed by atoms with E-state index in [2.05, 4.69) is 26.0 Å². The molecule has 0 aromatic heterocycles. The van der Waals surface area contributed by atoms with E-state index in [1.54, 1.807) is 22.5 Å². The monoisotopic (exact) mass is 354 g/mol. The van der Waals surface area contributed by atoms with E-state index in [9.17, 15) is 8.42 Å². The van der Waals surface area contributed by atoms with Crippen molar-refractivity contribution in [2.45, 2.75) is 50.1 Å². The first-order valence-electron chi connectivity index (χ1n) is 8.52. The van der Waals surface area contributed by atoms with E-state index in [4.69, 9.17) is 5.26 Å². The number of sulfonamides is 1. The molecule has 4 nitrogen and oxygen atoms in total. The van der Waals surface area contributed by atoms with Crippen LogP contribution in [-0.2, 0) is 16.6 Å². The van der Waals surface area contributed by atoms with Crippen LogP contribution in [0.4, 0.5) is 0 Å². The molecule has 0 spiro atoms. The van der Waals surface area contributed by atoms with Crippen molar-refractivity contribution in [1.82, 2.24) is 4.31 Å². The van der Waals surface area contributed by atoms with Crippen molar-refractivity contribution in [1.29, 1.82) is 5.26 Å². The van der Waals surface area contributed by atoms with Gasteiger partial charge in [-0.1, -0.05) is 44.2 Å². The van der Waals surface area contributed by atoms with Crippen LogP contribution in [0.15, 0.2) is 53.4 Å². The third kappa shape index (κ3) is 3.92. The van der Waals surface area contributed by atoms with Crippen LogP contribution in [-0.4, -0.2) is 18.8 Å². The molecule has 0 heterocycles. The first kappa shape index (κ1) is 17.7. The summed E-state index contributed by atoms with van der Waals surface area (Å²) >= 11 is 0. The van der Waals surface area contributed by atoms with Gasteiger partial charge in [-0.05, 0) is 48.1 Å². The van der Waals surface area contributed by atoms with E-state index in [0.29, 0.717) is 18.0 Å². The molecule has 1 fully saturated rings. The summed E-state index contributed by atoms with van der Waals surface area (Å²) in [4.78, 5) is 0.192. The highest BCUT2D eigenvalue weighted by molar-refractivity contribution is 7.89. The zero-order valence-corrected chi connectivity index (χ0v) is 15.3. The normalized spacial score (nSPS) is 14.7. The molecule has 25 heavy (non-hydrogen) atoms. The zero-order chi connectivity index (χ0) is 18.0. The molecule has 0 radical (unpaired) electrons. The van der Waals surface area contributed by atoms with Crippen LogP contribution in [0.3, 0.4) is 0 Å². The van der Waals surface area contributed by atoms with Gasteiger partial charge in [0.2, 0.25) is 10.0 Å².